The van der Waals surface area contributed by atoms with Gasteiger partial charge in [-0.2, -0.15) is 0 Å². The van der Waals surface area contributed by atoms with Crippen molar-refractivity contribution >= 4 is 52.1 Å². The molecule has 8 nitrogen and oxygen atoms in total. The lowest BCUT2D eigenvalue weighted by atomic mass is 10.2. The molecule has 0 aromatic heterocycles. The minimum Gasteiger partial charge on any atom is -0.490 e. The predicted octanol–water partition coefficient (Wildman–Crippen LogP) is 6.33. The summed E-state index contributed by atoms with van der Waals surface area (Å²) in [5.41, 5.74) is 1.63. The van der Waals surface area contributed by atoms with Crippen molar-refractivity contribution in [1.29, 1.82) is 0 Å². The van der Waals surface area contributed by atoms with Crippen molar-refractivity contribution < 1.29 is 23.8 Å². The van der Waals surface area contributed by atoms with Crippen LogP contribution in [0.15, 0.2) is 103 Å². The third kappa shape index (κ3) is 9.23. The van der Waals surface area contributed by atoms with Crippen LogP contribution in [0.1, 0.15) is 17.3 Å². The van der Waals surface area contributed by atoms with Crippen molar-refractivity contribution in [3.63, 3.8) is 0 Å². The summed E-state index contributed by atoms with van der Waals surface area (Å²) in [5, 5.41) is 8.95. The second-order valence-electron chi connectivity index (χ2n) is 8.70. The molecular formula is C31H28ClN3O5S. The number of halogens is 1. The van der Waals surface area contributed by atoms with Gasteiger partial charge < -0.3 is 24.8 Å². The van der Waals surface area contributed by atoms with Crippen molar-refractivity contribution in [2.24, 2.45) is 0 Å². The Morgan fingerprint density at radius 1 is 0.756 bits per heavy atom. The number of ether oxygens (including phenoxy) is 3. The van der Waals surface area contributed by atoms with Crippen LogP contribution in [-0.4, -0.2) is 36.2 Å². The van der Waals surface area contributed by atoms with Gasteiger partial charge in [0.15, 0.2) is 11.2 Å². The Bertz CT molecular complexity index is 1470. The van der Waals surface area contributed by atoms with Gasteiger partial charge in [-0.05, 0) is 91.9 Å². The fraction of sp³-hybridized carbons (Fsp3) is 0.129. The second kappa shape index (κ2) is 14.7. The molecule has 10 heteroatoms. The zero-order chi connectivity index (χ0) is 29.0. The highest BCUT2D eigenvalue weighted by atomic mass is 35.5. The van der Waals surface area contributed by atoms with Crippen molar-refractivity contribution in [3.05, 3.63) is 114 Å². The van der Waals surface area contributed by atoms with E-state index in [2.05, 4.69) is 16.0 Å². The van der Waals surface area contributed by atoms with Gasteiger partial charge in [-0.15, -0.1) is 0 Å². The summed E-state index contributed by atoms with van der Waals surface area (Å²) in [7, 11) is 0. The molecule has 0 aliphatic carbocycles. The summed E-state index contributed by atoms with van der Waals surface area (Å²) >= 11 is 11.4. The van der Waals surface area contributed by atoms with E-state index in [0.717, 1.165) is 5.75 Å². The summed E-state index contributed by atoms with van der Waals surface area (Å²) < 4.78 is 16.9. The number of hydrogen-bond acceptors (Lipinski definition) is 6. The molecule has 0 heterocycles. The lowest BCUT2D eigenvalue weighted by Gasteiger charge is -2.16. The standard InChI is InChI=1S/C31H28ClN3O5S/c1-21(40-28-10-6-5-9-27(28)32)29(36)33-23-13-15-24(16-14-23)34-31(41)35-30(37)22-11-17-26(18-12-22)39-20-19-38-25-7-3-2-4-8-25/h2-18,21H,19-20H2,1H3,(H,33,36)(H2,34,35,37,41). The predicted molar refractivity (Wildman–Crippen MR) is 164 cm³/mol. The molecule has 4 rings (SSSR count). The molecule has 4 aromatic rings. The first-order valence-corrected chi connectivity index (χ1v) is 13.5. The molecular weight excluding hydrogens is 562 g/mol. The van der Waals surface area contributed by atoms with E-state index in [1.807, 2.05) is 30.3 Å². The van der Waals surface area contributed by atoms with E-state index in [9.17, 15) is 9.59 Å². The first-order chi connectivity index (χ1) is 19.9. The van der Waals surface area contributed by atoms with Crippen LogP contribution in [0.4, 0.5) is 11.4 Å². The van der Waals surface area contributed by atoms with E-state index < -0.39 is 6.10 Å². The Morgan fingerprint density at radius 2 is 1.32 bits per heavy atom. The van der Waals surface area contributed by atoms with E-state index in [4.69, 9.17) is 38.0 Å². The van der Waals surface area contributed by atoms with Crippen LogP contribution in [0.25, 0.3) is 0 Å². The fourth-order valence-electron chi connectivity index (χ4n) is 3.54. The number of para-hydroxylation sites is 2. The average molecular weight is 590 g/mol. The number of amides is 2. The number of anilines is 2. The van der Waals surface area contributed by atoms with Gasteiger partial charge in [0.2, 0.25) is 0 Å². The van der Waals surface area contributed by atoms with Crippen molar-refractivity contribution in [2.75, 3.05) is 23.8 Å². The number of rotatable bonds is 11. The topological polar surface area (TPSA) is 97.9 Å². The van der Waals surface area contributed by atoms with Crippen molar-refractivity contribution in [1.82, 2.24) is 5.32 Å². The second-order valence-corrected chi connectivity index (χ2v) is 9.52. The van der Waals surface area contributed by atoms with Gasteiger partial charge in [0.1, 0.15) is 30.5 Å². The summed E-state index contributed by atoms with van der Waals surface area (Å²) in [4.78, 5) is 25.1. The minimum absolute atomic E-state index is 0.131. The number of benzene rings is 4. The smallest absolute Gasteiger partial charge is 0.265 e. The van der Waals surface area contributed by atoms with Gasteiger partial charge in [-0.25, -0.2) is 0 Å². The number of carbonyl (C=O) groups is 2. The monoisotopic (exact) mass is 589 g/mol. The third-order valence-electron chi connectivity index (χ3n) is 5.63. The first-order valence-electron chi connectivity index (χ1n) is 12.7. The Hall–Kier alpha value is -4.60. The third-order valence-corrected chi connectivity index (χ3v) is 6.14. The van der Waals surface area contributed by atoms with Crippen LogP contribution in [-0.2, 0) is 4.79 Å². The highest BCUT2D eigenvalue weighted by Gasteiger charge is 2.16. The molecule has 0 saturated heterocycles. The van der Waals surface area contributed by atoms with Crippen LogP contribution < -0.4 is 30.2 Å². The van der Waals surface area contributed by atoms with Crippen LogP contribution in [0, 0.1) is 0 Å². The van der Waals surface area contributed by atoms with Gasteiger partial charge >= 0.3 is 0 Å². The zero-order valence-corrected chi connectivity index (χ0v) is 23.7. The maximum Gasteiger partial charge on any atom is 0.265 e. The van der Waals surface area contributed by atoms with Crippen LogP contribution in [0.3, 0.4) is 0 Å². The molecule has 0 aliphatic rings. The zero-order valence-electron chi connectivity index (χ0n) is 22.1. The molecule has 3 N–H and O–H groups in total. The highest BCUT2D eigenvalue weighted by molar-refractivity contribution is 7.80. The molecule has 0 aliphatic heterocycles. The summed E-state index contributed by atoms with van der Waals surface area (Å²) in [5.74, 6) is 1.14. The number of nitrogens with one attached hydrogen (secondary N) is 3. The maximum atomic E-state index is 12.6. The molecule has 0 fully saturated rings. The van der Waals surface area contributed by atoms with Crippen LogP contribution in [0.5, 0.6) is 17.2 Å². The van der Waals surface area contributed by atoms with Crippen LogP contribution >= 0.6 is 23.8 Å². The lowest BCUT2D eigenvalue weighted by molar-refractivity contribution is -0.122. The molecule has 4 aromatic carbocycles. The van der Waals surface area contributed by atoms with Crippen molar-refractivity contribution in [2.45, 2.75) is 13.0 Å². The molecule has 0 radical (unpaired) electrons. The molecule has 0 spiro atoms. The molecule has 0 saturated carbocycles. The SMILES string of the molecule is CC(Oc1ccccc1Cl)C(=O)Nc1ccc(NC(=S)NC(=O)c2ccc(OCCOc3ccccc3)cc2)cc1. The van der Waals surface area contributed by atoms with E-state index in [-0.39, 0.29) is 16.9 Å². The normalized spacial score (nSPS) is 11.1. The van der Waals surface area contributed by atoms with E-state index in [1.165, 1.54) is 0 Å². The highest BCUT2D eigenvalue weighted by Crippen LogP contribution is 2.24. The Labute approximate surface area is 248 Å². The van der Waals surface area contributed by atoms with E-state index in [1.54, 1.807) is 79.7 Å². The summed E-state index contributed by atoms with van der Waals surface area (Å²) in [6.45, 7) is 2.40. The number of carbonyl (C=O) groups excluding carboxylic acids is 2. The first kappa shape index (κ1) is 29.4. The average Bonchev–Trinajstić information content (AvgIpc) is 2.98. The van der Waals surface area contributed by atoms with Gasteiger partial charge in [-0.1, -0.05) is 41.9 Å². The number of hydrogen-bond donors (Lipinski definition) is 3. The van der Waals surface area contributed by atoms with Gasteiger partial charge in [0.05, 0.1) is 5.02 Å². The van der Waals surface area contributed by atoms with E-state index >= 15 is 0 Å². The van der Waals surface area contributed by atoms with Gasteiger partial charge in [0, 0.05) is 16.9 Å². The molecule has 2 amide bonds. The molecule has 1 unspecified atom stereocenters. The Balaban J connectivity index is 1.19. The van der Waals surface area contributed by atoms with Crippen molar-refractivity contribution in [3.8, 4) is 17.2 Å². The molecule has 41 heavy (non-hydrogen) atoms. The summed E-state index contributed by atoms with van der Waals surface area (Å²) in [6.07, 6.45) is -0.759. The largest absolute Gasteiger partial charge is 0.490 e. The molecule has 0 bridgehead atoms. The Kier molecular flexibility index (Phi) is 10.5. The van der Waals surface area contributed by atoms with E-state index in [0.29, 0.717) is 46.7 Å². The van der Waals surface area contributed by atoms with Gasteiger partial charge in [0.25, 0.3) is 11.8 Å². The lowest BCUT2D eigenvalue weighted by Crippen LogP contribution is -2.34. The minimum atomic E-state index is -0.759. The molecule has 1 atom stereocenters. The summed E-state index contributed by atoms with van der Waals surface area (Å²) in [6, 6.07) is 30.0. The van der Waals surface area contributed by atoms with Crippen LogP contribution in [0.2, 0.25) is 5.02 Å². The van der Waals surface area contributed by atoms with Gasteiger partial charge in [-0.3, -0.25) is 14.9 Å². The number of thiocarbonyl (C=S) groups is 1. The quantitative estimate of drug-likeness (QED) is 0.139. The maximum absolute atomic E-state index is 12.6. The Morgan fingerprint density at radius 3 is 1.95 bits per heavy atom. The fourth-order valence-corrected chi connectivity index (χ4v) is 3.93. The molecule has 210 valence electrons.